The van der Waals surface area contributed by atoms with Crippen LogP contribution in [-0.4, -0.2) is 25.5 Å². The van der Waals surface area contributed by atoms with Gasteiger partial charge in [-0.05, 0) is 36.8 Å². The summed E-state index contributed by atoms with van der Waals surface area (Å²) in [7, 11) is 0. The fourth-order valence-corrected chi connectivity index (χ4v) is 3.97. The van der Waals surface area contributed by atoms with Gasteiger partial charge in [0.15, 0.2) is 11.5 Å². The lowest BCUT2D eigenvalue weighted by Crippen LogP contribution is -2.28. The van der Waals surface area contributed by atoms with Gasteiger partial charge in [0.2, 0.25) is 0 Å². The van der Waals surface area contributed by atoms with Crippen LogP contribution in [0.4, 0.5) is 5.82 Å². The molecule has 7 heteroatoms. The van der Waals surface area contributed by atoms with Crippen molar-refractivity contribution in [3.8, 4) is 23.5 Å². The first-order valence-electron chi connectivity index (χ1n) is 10.4. The molecule has 160 valence electrons. The fourth-order valence-electron chi connectivity index (χ4n) is 3.97. The van der Waals surface area contributed by atoms with Gasteiger partial charge in [-0.25, -0.2) is 14.5 Å². The summed E-state index contributed by atoms with van der Waals surface area (Å²) >= 11 is 0. The van der Waals surface area contributed by atoms with Crippen molar-refractivity contribution in [3.05, 3.63) is 89.9 Å². The van der Waals surface area contributed by atoms with Gasteiger partial charge in [-0.15, -0.1) is 11.5 Å². The van der Waals surface area contributed by atoms with Crippen LogP contribution in [0.2, 0.25) is 0 Å². The van der Waals surface area contributed by atoms with Crippen molar-refractivity contribution in [3.63, 3.8) is 0 Å². The minimum Gasteiger partial charge on any atom is -0.381 e. The number of pyridine rings is 1. The molecule has 3 aromatic heterocycles. The molecule has 0 bridgehead atoms. The number of rotatable bonds is 4. The lowest BCUT2D eigenvalue weighted by molar-refractivity contribution is 0.0941. The maximum atomic E-state index is 13.2. The van der Waals surface area contributed by atoms with Crippen molar-refractivity contribution >= 4 is 28.3 Å². The van der Waals surface area contributed by atoms with Crippen LogP contribution in [0.1, 0.15) is 34.6 Å². The van der Waals surface area contributed by atoms with Crippen LogP contribution in [0.3, 0.4) is 0 Å². The molecule has 0 fully saturated rings. The molecular weight excluding hydrogens is 412 g/mol. The molecule has 0 spiro atoms. The van der Waals surface area contributed by atoms with E-state index in [0.717, 1.165) is 33.3 Å². The monoisotopic (exact) mass is 432 g/mol. The predicted molar refractivity (Wildman–Crippen MR) is 128 cm³/mol. The van der Waals surface area contributed by atoms with E-state index in [2.05, 4.69) is 21.3 Å². The van der Waals surface area contributed by atoms with Crippen LogP contribution < -0.4 is 11.1 Å². The van der Waals surface area contributed by atoms with Gasteiger partial charge in [0.05, 0.1) is 17.3 Å². The van der Waals surface area contributed by atoms with Crippen molar-refractivity contribution in [2.75, 3.05) is 5.73 Å². The van der Waals surface area contributed by atoms with Crippen LogP contribution in [0.25, 0.3) is 27.7 Å². The molecule has 0 radical (unpaired) electrons. The Morgan fingerprint density at radius 2 is 1.97 bits per heavy atom. The standard InChI is InChI=1S/C26H20N6O/c1-3-17-11-7-12-21-19(17)15-20(18-9-5-4-6-10-18)23(30-21)16(2)29-26(33)22-24(27)31-32-14-8-13-28-25(22)32/h1,4-16H,2H3,(H2,27,31)(H,29,33)/t16-/m1/s1. The lowest BCUT2D eigenvalue weighted by Gasteiger charge is -2.19. The summed E-state index contributed by atoms with van der Waals surface area (Å²) in [4.78, 5) is 22.4. The number of hydrogen-bond acceptors (Lipinski definition) is 5. The maximum absolute atomic E-state index is 13.2. The topological polar surface area (TPSA) is 98.2 Å². The number of hydrogen-bond donors (Lipinski definition) is 2. The summed E-state index contributed by atoms with van der Waals surface area (Å²) < 4.78 is 1.49. The second-order valence-corrected chi connectivity index (χ2v) is 7.65. The van der Waals surface area contributed by atoms with Gasteiger partial charge in [-0.1, -0.05) is 42.3 Å². The smallest absolute Gasteiger partial charge is 0.259 e. The third kappa shape index (κ3) is 3.54. The Balaban J connectivity index is 1.60. The fraction of sp³-hybridized carbons (Fsp3) is 0.0769. The summed E-state index contributed by atoms with van der Waals surface area (Å²) in [5, 5.41) is 8.08. The second kappa shape index (κ2) is 8.09. The van der Waals surface area contributed by atoms with E-state index in [1.54, 1.807) is 18.5 Å². The molecule has 0 aliphatic heterocycles. The number of nitrogens with zero attached hydrogens (tertiary/aromatic N) is 4. The first kappa shape index (κ1) is 20.2. The molecule has 0 aliphatic carbocycles. The van der Waals surface area contributed by atoms with Crippen LogP contribution in [0.5, 0.6) is 0 Å². The van der Waals surface area contributed by atoms with Crippen molar-refractivity contribution in [1.29, 1.82) is 0 Å². The zero-order valence-corrected chi connectivity index (χ0v) is 17.9. The molecule has 33 heavy (non-hydrogen) atoms. The first-order chi connectivity index (χ1) is 16.1. The third-order valence-corrected chi connectivity index (χ3v) is 5.54. The Morgan fingerprint density at radius 1 is 1.15 bits per heavy atom. The van der Waals surface area contributed by atoms with E-state index < -0.39 is 6.04 Å². The Morgan fingerprint density at radius 3 is 2.76 bits per heavy atom. The van der Waals surface area contributed by atoms with E-state index in [1.165, 1.54) is 4.52 Å². The van der Waals surface area contributed by atoms with Gasteiger partial charge in [-0.2, -0.15) is 0 Å². The minimum absolute atomic E-state index is 0.117. The number of aromatic nitrogens is 4. The van der Waals surface area contributed by atoms with Crippen molar-refractivity contribution in [2.24, 2.45) is 0 Å². The summed E-state index contributed by atoms with van der Waals surface area (Å²) in [5.41, 5.74) is 10.8. The van der Waals surface area contributed by atoms with Crippen LogP contribution in [0.15, 0.2) is 73.1 Å². The number of amides is 1. The number of fused-ring (bicyclic) bond motifs is 2. The third-order valence-electron chi connectivity index (χ3n) is 5.54. The molecule has 1 amide bonds. The molecule has 1 atom stereocenters. The maximum Gasteiger partial charge on any atom is 0.259 e. The second-order valence-electron chi connectivity index (χ2n) is 7.65. The summed E-state index contributed by atoms with van der Waals surface area (Å²) in [6, 6.07) is 18.9. The Bertz CT molecular complexity index is 1550. The molecular formula is C26H20N6O. The van der Waals surface area contributed by atoms with Gasteiger partial charge in [0.1, 0.15) is 5.56 Å². The highest BCUT2D eigenvalue weighted by Crippen LogP contribution is 2.32. The summed E-state index contributed by atoms with van der Waals surface area (Å²) in [5.74, 6) is 2.48. The van der Waals surface area contributed by atoms with Gasteiger partial charge >= 0.3 is 0 Å². The van der Waals surface area contributed by atoms with Gasteiger partial charge in [0.25, 0.3) is 5.91 Å². The van der Waals surface area contributed by atoms with Crippen molar-refractivity contribution in [1.82, 2.24) is 24.9 Å². The molecule has 0 unspecified atom stereocenters. The number of anilines is 1. The van der Waals surface area contributed by atoms with E-state index in [9.17, 15) is 4.79 Å². The number of benzene rings is 2. The Kier molecular flexibility index (Phi) is 4.96. The Hall–Kier alpha value is -4.70. The highest BCUT2D eigenvalue weighted by atomic mass is 16.1. The van der Waals surface area contributed by atoms with E-state index in [1.807, 2.05) is 61.5 Å². The number of carbonyl (C=O) groups excluding carboxylic acids is 1. The molecule has 7 nitrogen and oxygen atoms in total. The van der Waals surface area contributed by atoms with E-state index in [4.69, 9.17) is 17.1 Å². The summed E-state index contributed by atoms with van der Waals surface area (Å²) in [6.45, 7) is 1.89. The summed E-state index contributed by atoms with van der Waals surface area (Å²) in [6.07, 6.45) is 9.01. The van der Waals surface area contributed by atoms with E-state index in [-0.39, 0.29) is 17.3 Å². The highest BCUT2D eigenvalue weighted by molar-refractivity contribution is 6.04. The SMILES string of the molecule is C#Cc1cccc2nc([C@@H](C)NC(=O)c3c(N)nn4cccnc34)c(-c3ccccc3)cc12. The normalized spacial score (nSPS) is 11.9. The average molecular weight is 432 g/mol. The number of nitrogens with two attached hydrogens (primary N) is 1. The van der Waals surface area contributed by atoms with Crippen LogP contribution >= 0.6 is 0 Å². The highest BCUT2D eigenvalue weighted by Gasteiger charge is 2.23. The molecule has 3 heterocycles. The zero-order chi connectivity index (χ0) is 22.9. The molecule has 0 saturated heterocycles. The number of nitrogens with one attached hydrogen (secondary N) is 1. The van der Waals surface area contributed by atoms with E-state index >= 15 is 0 Å². The predicted octanol–water partition coefficient (Wildman–Crippen LogP) is 4.00. The van der Waals surface area contributed by atoms with Gasteiger partial charge in [0, 0.05) is 28.9 Å². The number of carbonyl (C=O) groups is 1. The molecule has 3 N–H and O–H groups in total. The van der Waals surface area contributed by atoms with Crippen molar-refractivity contribution in [2.45, 2.75) is 13.0 Å². The van der Waals surface area contributed by atoms with Crippen LogP contribution in [0, 0.1) is 12.3 Å². The quantitative estimate of drug-likeness (QED) is 0.418. The van der Waals surface area contributed by atoms with E-state index in [0.29, 0.717) is 5.65 Å². The molecule has 2 aromatic carbocycles. The minimum atomic E-state index is -0.426. The van der Waals surface area contributed by atoms with Crippen molar-refractivity contribution < 1.29 is 4.79 Å². The molecule has 0 aliphatic rings. The zero-order valence-electron chi connectivity index (χ0n) is 17.9. The number of nitrogen functional groups attached to an aromatic ring is 1. The number of terminal acetylenes is 1. The molecule has 0 saturated carbocycles. The Labute approximate surface area is 190 Å². The molecule has 5 rings (SSSR count). The molecule has 5 aromatic rings. The van der Waals surface area contributed by atoms with Gasteiger partial charge < -0.3 is 11.1 Å². The first-order valence-corrected chi connectivity index (χ1v) is 10.4. The largest absolute Gasteiger partial charge is 0.381 e. The van der Waals surface area contributed by atoms with Gasteiger partial charge in [-0.3, -0.25) is 4.79 Å². The van der Waals surface area contributed by atoms with Crippen LogP contribution in [-0.2, 0) is 0 Å². The average Bonchev–Trinajstić information content (AvgIpc) is 3.19. The lowest BCUT2D eigenvalue weighted by atomic mass is 9.96.